The lowest BCUT2D eigenvalue weighted by Gasteiger charge is -2.36. The Labute approximate surface area is 192 Å². The van der Waals surface area contributed by atoms with Gasteiger partial charge >= 0.3 is 0 Å². The molecule has 1 amide bonds. The molecule has 9 heteroatoms. The van der Waals surface area contributed by atoms with E-state index in [9.17, 15) is 14.0 Å². The fourth-order valence-corrected chi connectivity index (χ4v) is 5.21. The molecule has 4 rings (SSSR count). The van der Waals surface area contributed by atoms with Crippen LogP contribution in [0.25, 0.3) is 0 Å². The van der Waals surface area contributed by atoms with Gasteiger partial charge in [0.25, 0.3) is 0 Å². The number of aromatic nitrogens is 3. The lowest BCUT2D eigenvalue weighted by atomic mass is 10.0. The van der Waals surface area contributed by atoms with Crippen molar-refractivity contribution in [2.45, 2.75) is 50.6 Å². The van der Waals surface area contributed by atoms with Crippen molar-refractivity contribution in [2.75, 3.05) is 36.8 Å². The van der Waals surface area contributed by atoms with Gasteiger partial charge in [0.15, 0.2) is 5.78 Å². The fourth-order valence-electron chi connectivity index (χ4n) is 4.49. The summed E-state index contributed by atoms with van der Waals surface area (Å²) in [7, 11) is 0. The van der Waals surface area contributed by atoms with Gasteiger partial charge in [-0.1, -0.05) is 37.4 Å². The molecule has 2 fully saturated rings. The molecule has 7 nitrogen and oxygen atoms in total. The summed E-state index contributed by atoms with van der Waals surface area (Å²) < 4.78 is 14.4. The summed E-state index contributed by atoms with van der Waals surface area (Å²) in [6.07, 6.45) is 7.42. The molecule has 1 aliphatic carbocycles. The van der Waals surface area contributed by atoms with Gasteiger partial charge in [-0.15, -0.1) is 5.10 Å². The first-order valence-corrected chi connectivity index (χ1v) is 12.4. The van der Waals surface area contributed by atoms with E-state index in [2.05, 4.69) is 15.2 Å². The van der Waals surface area contributed by atoms with Gasteiger partial charge in [-0.05, 0) is 37.5 Å². The molecular weight excluding hydrogens is 429 g/mol. The molecule has 1 N–H and O–H groups in total. The monoisotopic (exact) mass is 459 g/mol. The average molecular weight is 460 g/mol. The summed E-state index contributed by atoms with van der Waals surface area (Å²) in [5.74, 6) is 1.49. The highest BCUT2D eigenvalue weighted by atomic mass is 32.2. The molecule has 0 unspecified atom stereocenters. The summed E-state index contributed by atoms with van der Waals surface area (Å²) in [4.78, 5) is 32.3. The van der Waals surface area contributed by atoms with Crippen LogP contribution >= 0.6 is 11.8 Å². The number of piperazine rings is 1. The zero-order chi connectivity index (χ0) is 22.5. The highest BCUT2D eigenvalue weighted by Crippen LogP contribution is 2.28. The van der Waals surface area contributed by atoms with Crippen LogP contribution in [0.4, 0.5) is 10.1 Å². The number of hydrogen-bond donors (Lipinski definition) is 1. The summed E-state index contributed by atoms with van der Waals surface area (Å²) >= 11 is 1.35. The van der Waals surface area contributed by atoms with Crippen LogP contribution in [-0.2, 0) is 11.2 Å². The highest BCUT2D eigenvalue weighted by molar-refractivity contribution is 7.99. The molecule has 2 heterocycles. The normalized spacial score (nSPS) is 17.2. The van der Waals surface area contributed by atoms with Crippen LogP contribution in [0.1, 0.15) is 55.2 Å². The van der Waals surface area contributed by atoms with Crippen LogP contribution in [-0.4, -0.2) is 63.7 Å². The van der Waals surface area contributed by atoms with Gasteiger partial charge in [-0.2, -0.15) is 0 Å². The largest absolute Gasteiger partial charge is 0.366 e. The SMILES string of the molecule is CC(=O)c1ccc(N2CCN(C(=O)CSc3n[nH]c(CCC4CCCC4)n3)CC2)c(F)c1. The minimum atomic E-state index is -0.402. The molecule has 32 heavy (non-hydrogen) atoms. The summed E-state index contributed by atoms with van der Waals surface area (Å²) in [5.41, 5.74) is 0.841. The molecular formula is C23H30FN5O2S. The Hall–Kier alpha value is -2.42. The number of aromatic amines is 1. The first kappa shape index (κ1) is 22.8. The number of Topliss-reactive ketones (excluding diaryl/α,β-unsaturated/α-hetero) is 1. The molecule has 0 atom stereocenters. The number of thioether (sulfide) groups is 1. The van der Waals surface area contributed by atoms with Gasteiger partial charge in [0.1, 0.15) is 11.6 Å². The van der Waals surface area contributed by atoms with Gasteiger partial charge in [-0.25, -0.2) is 9.37 Å². The van der Waals surface area contributed by atoms with Crippen molar-refractivity contribution in [2.24, 2.45) is 5.92 Å². The number of nitrogens with one attached hydrogen (secondary N) is 1. The number of aryl methyl sites for hydroxylation is 1. The fraction of sp³-hybridized carbons (Fsp3) is 0.565. The number of halogens is 1. The van der Waals surface area contributed by atoms with E-state index in [1.165, 1.54) is 50.4 Å². The Kier molecular flexibility index (Phi) is 7.44. The third kappa shape index (κ3) is 5.68. The quantitative estimate of drug-likeness (QED) is 0.479. The molecule has 1 aromatic heterocycles. The van der Waals surface area contributed by atoms with Crippen LogP contribution in [0.15, 0.2) is 23.4 Å². The summed E-state index contributed by atoms with van der Waals surface area (Å²) in [5, 5.41) is 7.86. The molecule has 1 saturated heterocycles. The zero-order valence-corrected chi connectivity index (χ0v) is 19.3. The first-order valence-electron chi connectivity index (χ1n) is 11.4. The van der Waals surface area contributed by atoms with Crippen molar-refractivity contribution >= 4 is 29.1 Å². The number of nitrogens with zero attached hydrogens (tertiary/aromatic N) is 4. The van der Waals surface area contributed by atoms with Crippen LogP contribution in [0.2, 0.25) is 0 Å². The first-order chi connectivity index (χ1) is 15.5. The average Bonchev–Trinajstić information content (AvgIpc) is 3.48. The van der Waals surface area contributed by atoms with E-state index >= 15 is 0 Å². The molecule has 0 bridgehead atoms. The highest BCUT2D eigenvalue weighted by Gasteiger charge is 2.23. The van der Waals surface area contributed by atoms with Crippen LogP contribution in [0.3, 0.4) is 0 Å². The maximum Gasteiger partial charge on any atom is 0.233 e. The van der Waals surface area contributed by atoms with Crippen molar-refractivity contribution < 1.29 is 14.0 Å². The smallest absolute Gasteiger partial charge is 0.233 e. The maximum absolute atomic E-state index is 14.4. The second-order valence-corrected chi connectivity index (χ2v) is 9.58. The van der Waals surface area contributed by atoms with E-state index in [1.807, 2.05) is 4.90 Å². The minimum absolute atomic E-state index is 0.0411. The Morgan fingerprint density at radius 2 is 1.94 bits per heavy atom. The van der Waals surface area contributed by atoms with Crippen molar-refractivity contribution in [3.8, 4) is 0 Å². The second kappa shape index (κ2) is 10.5. The number of amides is 1. The molecule has 0 spiro atoms. The van der Waals surface area contributed by atoms with Gasteiger partial charge < -0.3 is 9.80 Å². The summed E-state index contributed by atoms with van der Waals surface area (Å²) in [6.45, 7) is 3.60. The lowest BCUT2D eigenvalue weighted by Crippen LogP contribution is -2.49. The van der Waals surface area contributed by atoms with Crippen molar-refractivity contribution in [3.05, 3.63) is 35.4 Å². The van der Waals surface area contributed by atoms with E-state index in [1.54, 1.807) is 17.0 Å². The number of carbonyl (C=O) groups is 2. The van der Waals surface area contributed by atoms with Crippen LogP contribution in [0, 0.1) is 11.7 Å². The van der Waals surface area contributed by atoms with Gasteiger partial charge in [-0.3, -0.25) is 14.7 Å². The number of anilines is 1. The Bertz CT molecular complexity index is 952. The van der Waals surface area contributed by atoms with Gasteiger partial charge in [0, 0.05) is 38.2 Å². The number of rotatable bonds is 8. The van der Waals surface area contributed by atoms with E-state index in [0.717, 1.165) is 24.6 Å². The summed E-state index contributed by atoms with van der Waals surface area (Å²) in [6, 6.07) is 4.57. The molecule has 1 aromatic carbocycles. The number of benzene rings is 1. The standard InChI is InChI=1S/C23H30FN5O2S/c1-16(30)18-7-8-20(19(24)14-18)28-10-12-29(13-11-28)22(31)15-32-23-25-21(26-27-23)9-6-17-4-2-3-5-17/h7-8,14,17H,2-6,9-13,15H2,1H3,(H,25,26,27). The number of H-pyrrole nitrogens is 1. The Morgan fingerprint density at radius 1 is 1.19 bits per heavy atom. The lowest BCUT2D eigenvalue weighted by molar-refractivity contribution is -0.128. The predicted octanol–water partition coefficient (Wildman–Crippen LogP) is 3.71. The van der Waals surface area contributed by atoms with Gasteiger partial charge in [0.2, 0.25) is 11.1 Å². The Morgan fingerprint density at radius 3 is 2.62 bits per heavy atom. The zero-order valence-electron chi connectivity index (χ0n) is 18.5. The van der Waals surface area contributed by atoms with E-state index in [0.29, 0.717) is 48.3 Å². The number of carbonyl (C=O) groups excluding carboxylic acids is 2. The minimum Gasteiger partial charge on any atom is -0.366 e. The topological polar surface area (TPSA) is 82.2 Å². The second-order valence-electron chi connectivity index (χ2n) is 8.63. The third-order valence-electron chi connectivity index (χ3n) is 6.43. The molecule has 1 saturated carbocycles. The molecule has 0 radical (unpaired) electrons. The van der Waals surface area contributed by atoms with E-state index < -0.39 is 5.82 Å². The van der Waals surface area contributed by atoms with Crippen LogP contribution in [0.5, 0.6) is 0 Å². The van der Waals surface area contributed by atoms with Gasteiger partial charge in [0.05, 0.1) is 11.4 Å². The predicted molar refractivity (Wildman–Crippen MR) is 123 cm³/mol. The number of hydrogen-bond acceptors (Lipinski definition) is 6. The van der Waals surface area contributed by atoms with E-state index in [4.69, 9.17) is 0 Å². The molecule has 2 aromatic rings. The molecule has 172 valence electrons. The molecule has 2 aliphatic rings. The molecule has 1 aliphatic heterocycles. The third-order valence-corrected chi connectivity index (χ3v) is 7.26. The van der Waals surface area contributed by atoms with Crippen molar-refractivity contribution in [1.29, 1.82) is 0 Å². The van der Waals surface area contributed by atoms with Crippen LogP contribution < -0.4 is 4.90 Å². The number of ketones is 1. The maximum atomic E-state index is 14.4. The van der Waals surface area contributed by atoms with Crippen molar-refractivity contribution in [3.63, 3.8) is 0 Å². The Balaban J connectivity index is 1.21. The van der Waals surface area contributed by atoms with Crippen molar-refractivity contribution in [1.82, 2.24) is 20.1 Å². The van der Waals surface area contributed by atoms with E-state index in [-0.39, 0.29) is 11.7 Å².